The first-order valence-corrected chi connectivity index (χ1v) is 7.32. The molecule has 0 aromatic heterocycles. The lowest BCUT2D eigenvalue weighted by Gasteiger charge is -2.12. The van der Waals surface area contributed by atoms with Crippen LogP contribution in [-0.2, 0) is 9.59 Å². The predicted molar refractivity (Wildman–Crippen MR) is 90.9 cm³/mol. The van der Waals surface area contributed by atoms with Crippen molar-refractivity contribution in [2.75, 3.05) is 7.11 Å². The van der Waals surface area contributed by atoms with Crippen LogP contribution in [0.4, 0.5) is 0 Å². The average Bonchev–Trinajstić information content (AvgIpc) is 2.58. The minimum Gasteiger partial charge on any atom is -0.496 e. The summed E-state index contributed by atoms with van der Waals surface area (Å²) >= 11 is 0. The van der Waals surface area contributed by atoms with Crippen molar-refractivity contribution < 1.29 is 19.2 Å². The van der Waals surface area contributed by atoms with Crippen LogP contribution in [0.5, 0.6) is 5.75 Å². The zero-order valence-corrected chi connectivity index (χ0v) is 13.1. The van der Waals surface area contributed by atoms with Crippen LogP contribution in [0.1, 0.15) is 5.56 Å². The Morgan fingerprint density at radius 2 is 1.88 bits per heavy atom. The Morgan fingerprint density at radius 3 is 2.52 bits per heavy atom. The van der Waals surface area contributed by atoms with Crippen molar-refractivity contribution in [3.05, 3.63) is 58.2 Å². The molecule has 1 N–H and O–H groups in total. The van der Waals surface area contributed by atoms with Crippen molar-refractivity contribution in [2.45, 2.75) is 6.04 Å². The molecular formula is C17H13N3O5. The third-order valence-corrected chi connectivity index (χ3v) is 3.73. The third kappa shape index (κ3) is 3.09. The number of amidine groups is 1. The minimum absolute atomic E-state index is 0.0343. The van der Waals surface area contributed by atoms with E-state index in [1.165, 1.54) is 6.08 Å². The normalized spacial score (nSPS) is 17.5. The number of ether oxygens (including phenoxy) is 1. The van der Waals surface area contributed by atoms with Gasteiger partial charge in [0.2, 0.25) is 0 Å². The van der Waals surface area contributed by atoms with Crippen molar-refractivity contribution in [1.82, 2.24) is 5.32 Å². The molecule has 1 aliphatic heterocycles. The maximum absolute atomic E-state index is 11.7. The van der Waals surface area contributed by atoms with Gasteiger partial charge in [0.15, 0.2) is 0 Å². The Bertz CT molecular complexity index is 948. The number of benzene rings is 2. The summed E-state index contributed by atoms with van der Waals surface area (Å²) in [7, 11) is 1.58. The van der Waals surface area contributed by atoms with Gasteiger partial charge in [0.25, 0.3) is 0 Å². The van der Waals surface area contributed by atoms with E-state index in [1.807, 2.05) is 30.3 Å². The van der Waals surface area contributed by atoms with Crippen LogP contribution < -0.4 is 10.1 Å². The minimum atomic E-state index is -1.99. The summed E-state index contributed by atoms with van der Waals surface area (Å²) in [6.45, 7) is 0. The summed E-state index contributed by atoms with van der Waals surface area (Å²) in [5, 5.41) is 14.8. The number of amides is 2. The van der Waals surface area contributed by atoms with E-state index < -0.39 is 22.8 Å². The number of aliphatic imine (C=N–C) groups is 1. The first-order valence-electron chi connectivity index (χ1n) is 7.32. The molecule has 8 nitrogen and oxygen atoms in total. The van der Waals surface area contributed by atoms with Gasteiger partial charge in [-0.15, -0.1) is 0 Å². The Labute approximate surface area is 142 Å². The number of fused-ring (bicyclic) bond motifs is 1. The molecule has 2 aromatic carbocycles. The van der Waals surface area contributed by atoms with Gasteiger partial charge < -0.3 is 10.1 Å². The van der Waals surface area contributed by atoms with E-state index in [-0.39, 0.29) is 5.84 Å². The Balaban J connectivity index is 1.95. The smallest absolute Gasteiger partial charge is 0.368 e. The summed E-state index contributed by atoms with van der Waals surface area (Å²) in [6.07, 6.45) is 3.10. The molecule has 0 aliphatic carbocycles. The van der Waals surface area contributed by atoms with Crippen LogP contribution in [0.25, 0.3) is 16.8 Å². The summed E-state index contributed by atoms with van der Waals surface area (Å²) in [5.41, 5.74) is 0.817. The molecule has 0 radical (unpaired) electrons. The van der Waals surface area contributed by atoms with E-state index in [4.69, 9.17) is 4.74 Å². The van der Waals surface area contributed by atoms with Crippen LogP contribution in [0.2, 0.25) is 0 Å². The SMILES string of the molecule is COc1ccc(/C=C/C2=NC(=O)C([N+](=O)[O-])C(=O)N2)c2ccccc12. The highest BCUT2D eigenvalue weighted by Crippen LogP contribution is 2.28. The molecule has 1 aliphatic rings. The predicted octanol–water partition coefficient (Wildman–Crippen LogP) is 1.56. The molecule has 25 heavy (non-hydrogen) atoms. The maximum atomic E-state index is 11.7. The topological polar surface area (TPSA) is 111 Å². The van der Waals surface area contributed by atoms with Gasteiger partial charge in [-0.1, -0.05) is 36.4 Å². The zero-order chi connectivity index (χ0) is 18.0. The highest BCUT2D eigenvalue weighted by atomic mass is 16.6. The molecule has 0 fully saturated rings. The molecule has 0 saturated heterocycles. The highest BCUT2D eigenvalue weighted by molar-refractivity contribution is 6.21. The Hall–Kier alpha value is -3.55. The lowest BCUT2D eigenvalue weighted by atomic mass is 10.0. The van der Waals surface area contributed by atoms with Crippen molar-refractivity contribution in [1.29, 1.82) is 0 Å². The lowest BCUT2D eigenvalue weighted by molar-refractivity contribution is -0.493. The number of hydrogen-bond donors (Lipinski definition) is 1. The average molecular weight is 339 g/mol. The van der Waals surface area contributed by atoms with E-state index in [2.05, 4.69) is 10.3 Å². The number of rotatable bonds is 4. The largest absolute Gasteiger partial charge is 0.496 e. The van der Waals surface area contributed by atoms with Crippen LogP contribution in [-0.4, -0.2) is 35.7 Å². The standard InChI is InChI=1S/C17H13N3O5/c1-25-13-8-6-10(11-4-2-3-5-12(11)13)7-9-14-18-16(21)15(20(23)24)17(22)19-14/h2-9,15H,1H3,(H,18,19,21,22)/b9-7+. The zero-order valence-electron chi connectivity index (χ0n) is 13.1. The molecular weight excluding hydrogens is 326 g/mol. The third-order valence-electron chi connectivity index (χ3n) is 3.73. The molecule has 0 spiro atoms. The van der Waals surface area contributed by atoms with E-state index >= 15 is 0 Å². The first-order chi connectivity index (χ1) is 12.0. The number of carbonyl (C=O) groups excluding carboxylic acids is 2. The van der Waals surface area contributed by atoms with Gasteiger partial charge >= 0.3 is 17.9 Å². The maximum Gasteiger partial charge on any atom is 0.368 e. The second-order valence-electron chi connectivity index (χ2n) is 5.25. The fourth-order valence-corrected chi connectivity index (χ4v) is 2.57. The van der Waals surface area contributed by atoms with Crippen LogP contribution in [0.15, 0.2) is 47.5 Å². The van der Waals surface area contributed by atoms with Gasteiger partial charge in [0.1, 0.15) is 11.6 Å². The van der Waals surface area contributed by atoms with Crippen LogP contribution >= 0.6 is 0 Å². The van der Waals surface area contributed by atoms with Crippen LogP contribution in [0, 0.1) is 10.1 Å². The molecule has 3 rings (SSSR count). The van der Waals surface area contributed by atoms with E-state index in [0.29, 0.717) is 0 Å². The second kappa shape index (κ2) is 6.52. The van der Waals surface area contributed by atoms with E-state index in [1.54, 1.807) is 19.3 Å². The summed E-state index contributed by atoms with van der Waals surface area (Å²) in [6, 6.07) is 9.23. The van der Waals surface area contributed by atoms with Gasteiger partial charge in [0, 0.05) is 10.3 Å². The number of nitro groups is 1. The van der Waals surface area contributed by atoms with Gasteiger partial charge in [-0.3, -0.25) is 19.7 Å². The van der Waals surface area contributed by atoms with Crippen molar-refractivity contribution in [3.63, 3.8) is 0 Å². The van der Waals surface area contributed by atoms with Gasteiger partial charge in [0.05, 0.1) is 7.11 Å². The fourth-order valence-electron chi connectivity index (χ4n) is 2.57. The Kier molecular flexibility index (Phi) is 4.25. The molecule has 2 amide bonds. The summed E-state index contributed by atoms with van der Waals surface area (Å²) in [4.78, 5) is 36.6. The first kappa shape index (κ1) is 16.3. The molecule has 8 heteroatoms. The summed E-state index contributed by atoms with van der Waals surface area (Å²) in [5.74, 6) is -1.40. The van der Waals surface area contributed by atoms with Crippen molar-refractivity contribution in [2.24, 2.45) is 4.99 Å². The molecule has 2 aromatic rings. The number of nitrogens with one attached hydrogen (secondary N) is 1. The van der Waals surface area contributed by atoms with Gasteiger partial charge in [-0.25, -0.2) is 0 Å². The lowest BCUT2D eigenvalue weighted by Crippen LogP contribution is -2.50. The van der Waals surface area contributed by atoms with Crippen molar-refractivity contribution >= 4 is 34.5 Å². The molecule has 1 atom stereocenters. The number of methoxy groups -OCH3 is 1. The van der Waals surface area contributed by atoms with E-state index in [0.717, 1.165) is 22.1 Å². The second-order valence-corrected chi connectivity index (χ2v) is 5.25. The summed E-state index contributed by atoms with van der Waals surface area (Å²) < 4.78 is 5.33. The monoisotopic (exact) mass is 339 g/mol. The fraction of sp³-hybridized carbons (Fsp3) is 0.118. The number of hydrogen-bond acceptors (Lipinski definition) is 5. The van der Waals surface area contributed by atoms with Crippen LogP contribution in [0.3, 0.4) is 0 Å². The molecule has 1 heterocycles. The number of nitrogens with zero attached hydrogens (tertiary/aromatic N) is 2. The molecule has 126 valence electrons. The van der Waals surface area contributed by atoms with Crippen molar-refractivity contribution in [3.8, 4) is 5.75 Å². The molecule has 1 unspecified atom stereocenters. The quantitative estimate of drug-likeness (QED) is 0.516. The highest BCUT2D eigenvalue weighted by Gasteiger charge is 2.41. The van der Waals surface area contributed by atoms with Gasteiger partial charge in [-0.2, -0.15) is 4.99 Å². The van der Waals surface area contributed by atoms with Gasteiger partial charge in [-0.05, 0) is 23.1 Å². The molecule has 0 saturated carbocycles. The Morgan fingerprint density at radius 1 is 1.16 bits per heavy atom. The number of carbonyl (C=O) groups is 2. The molecule has 0 bridgehead atoms. The van der Waals surface area contributed by atoms with E-state index in [9.17, 15) is 19.7 Å².